The van der Waals surface area contributed by atoms with E-state index in [1.54, 1.807) is 0 Å². The summed E-state index contributed by atoms with van der Waals surface area (Å²) in [6.07, 6.45) is 105. The first-order chi connectivity index (χ1) is 39.6. The van der Waals surface area contributed by atoms with Crippen molar-refractivity contribution in [3.63, 3.8) is 0 Å². The minimum absolute atomic E-state index is 0.0773. The van der Waals surface area contributed by atoms with Crippen LogP contribution in [0.3, 0.4) is 0 Å². The fourth-order valence-electron chi connectivity index (χ4n) is 8.95. The van der Waals surface area contributed by atoms with E-state index >= 15 is 0 Å². The van der Waals surface area contributed by atoms with E-state index < -0.39 is 6.10 Å². The van der Waals surface area contributed by atoms with Crippen LogP contribution in [0.1, 0.15) is 284 Å². The van der Waals surface area contributed by atoms with E-state index in [4.69, 9.17) is 9.47 Å². The van der Waals surface area contributed by atoms with Crippen molar-refractivity contribution in [3.8, 4) is 0 Å². The second-order valence-electron chi connectivity index (χ2n) is 21.4. The average Bonchev–Trinajstić information content (AvgIpc) is 3.46. The minimum atomic E-state index is -0.789. The third-order valence-electron chi connectivity index (χ3n) is 13.8. The zero-order valence-electron chi connectivity index (χ0n) is 51.8. The molecule has 0 saturated heterocycles. The van der Waals surface area contributed by atoms with Crippen molar-refractivity contribution in [2.45, 2.75) is 290 Å². The standard InChI is InChI=1S/C75H122O5/c1-3-5-7-9-11-13-15-17-19-21-23-25-27-29-31-33-34-35-36-37-38-39-40-42-43-45-47-49-51-53-55-57-59-61-63-65-67-69-74(77)79-72-73(71-76)80-75(78)70-68-66-64-62-60-58-56-54-52-50-48-46-44-41-32-30-28-26-24-22-20-18-16-14-12-10-8-6-4-2/h5-8,11-14,17-20,23-26,29-32,34-35,44,46,50,52,73,76H,3-4,9-10,15-16,21-22,27-28,33,36-43,45,47-49,51,53-72H2,1-2H3/b7-5-,8-6-,13-11-,14-12-,19-17-,20-18-,25-23-,26-24-,31-29-,32-30-,35-34-,46-44-,52-50-. The Bertz CT molecular complexity index is 1730. The molecule has 1 unspecified atom stereocenters. The van der Waals surface area contributed by atoms with Gasteiger partial charge in [0.25, 0.3) is 0 Å². The molecule has 0 amide bonds. The van der Waals surface area contributed by atoms with Crippen LogP contribution >= 0.6 is 0 Å². The van der Waals surface area contributed by atoms with E-state index in [9.17, 15) is 14.7 Å². The Morgan fingerprint density at radius 3 is 0.750 bits per heavy atom. The second-order valence-corrected chi connectivity index (χ2v) is 21.4. The quantitative estimate of drug-likeness (QED) is 0.0373. The van der Waals surface area contributed by atoms with Crippen LogP contribution in [0.15, 0.2) is 158 Å². The molecular weight excluding hydrogens is 981 g/mol. The topological polar surface area (TPSA) is 72.8 Å². The van der Waals surface area contributed by atoms with Crippen LogP contribution in [0, 0.1) is 0 Å². The van der Waals surface area contributed by atoms with Gasteiger partial charge in [-0.15, -0.1) is 0 Å². The minimum Gasteiger partial charge on any atom is -0.462 e. The lowest BCUT2D eigenvalue weighted by Gasteiger charge is -2.15. The molecule has 0 aliphatic heterocycles. The molecule has 0 rings (SSSR count). The Morgan fingerprint density at radius 2 is 0.500 bits per heavy atom. The fourth-order valence-corrected chi connectivity index (χ4v) is 8.95. The van der Waals surface area contributed by atoms with Crippen molar-refractivity contribution >= 4 is 11.9 Å². The first-order valence-electron chi connectivity index (χ1n) is 33.0. The fraction of sp³-hybridized carbons (Fsp3) is 0.627. The van der Waals surface area contributed by atoms with Crippen LogP contribution in [0.4, 0.5) is 0 Å². The predicted octanol–water partition coefficient (Wildman–Crippen LogP) is 23.1. The van der Waals surface area contributed by atoms with Gasteiger partial charge in [0.1, 0.15) is 6.61 Å². The van der Waals surface area contributed by atoms with E-state index in [0.29, 0.717) is 12.8 Å². The molecule has 0 bridgehead atoms. The summed E-state index contributed by atoms with van der Waals surface area (Å²) in [5.41, 5.74) is 0. The SMILES string of the molecule is CC/C=C\C/C=C\C/C=C\C/C=C\C/C=C\C/C=C\C/C=C\CCCCCCCCCC(=O)OC(CO)COC(=O)CCCCCCCCCCCCCCCCCCCC/C=C\C/C=C\C/C=C\C/C=C\C/C=C\C/C=C\CC. The number of allylic oxidation sites excluding steroid dienone is 26. The largest absolute Gasteiger partial charge is 0.462 e. The summed E-state index contributed by atoms with van der Waals surface area (Å²) < 4.78 is 10.7. The zero-order valence-corrected chi connectivity index (χ0v) is 51.8. The number of carbonyl (C=O) groups excluding carboxylic acids is 2. The van der Waals surface area contributed by atoms with Crippen LogP contribution in [-0.2, 0) is 19.1 Å². The molecule has 0 aromatic rings. The van der Waals surface area contributed by atoms with Crippen LogP contribution < -0.4 is 0 Å². The van der Waals surface area contributed by atoms with Gasteiger partial charge in [-0.3, -0.25) is 9.59 Å². The Labute approximate surface area is 494 Å². The maximum absolute atomic E-state index is 12.3. The highest BCUT2D eigenvalue weighted by atomic mass is 16.6. The first kappa shape index (κ1) is 75.5. The molecule has 0 heterocycles. The molecule has 0 fully saturated rings. The lowest BCUT2D eigenvalue weighted by Crippen LogP contribution is -2.28. The molecule has 0 spiro atoms. The summed E-state index contributed by atoms with van der Waals surface area (Å²) in [6.45, 7) is 3.91. The molecule has 1 N–H and O–H groups in total. The number of aliphatic hydroxyl groups is 1. The first-order valence-corrected chi connectivity index (χ1v) is 33.0. The maximum atomic E-state index is 12.3. The molecule has 1 atom stereocenters. The number of aliphatic hydroxyl groups excluding tert-OH is 1. The third kappa shape index (κ3) is 66.0. The van der Waals surface area contributed by atoms with Gasteiger partial charge >= 0.3 is 11.9 Å². The van der Waals surface area contributed by atoms with Crippen LogP contribution in [0.2, 0.25) is 0 Å². The number of unbranched alkanes of at least 4 members (excludes halogenated alkanes) is 25. The summed E-state index contributed by atoms with van der Waals surface area (Å²) in [5.74, 6) is -0.605. The Hall–Kier alpha value is -4.48. The number of hydrogen-bond donors (Lipinski definition) is 1. The molecule has 0 saturated carbocycles. The van der Waals surface area contributed by atoms with Gasteiger partial charge in [-0.1, -0.05) is 307 Å². The molecule has 0 aliphatic carbocycles. The van der Waals surface area contributed by atoms with Crippen LogP contribution in [-0.4, -0.2) is 36.4 Å². The highest BCUT2D eigenvalue weighted by Crippen LogP contribution is 2.16. The van der Waals surface area contributed by atoms with Crippen molar-refractivity contribution in [1.29, 1.82) is 0 Å². The molecule has 0 aromatic carbocycles. The Morgan fingerprint density at radius 1 is 0.287 bits per heavy atom. The lowest BCUT2D eigenvalue weighted by atomic mass is 10.0. The van der Waals surface area contributed by atoms with Crippen molar-refractivity contribution in [2.75, 3.05) is 13.2 Å². The smallest absolute Gasteiger partial charge is 0.306 e. The van der Waals surface area contributed by atoms with Gasteiger partial charge in [0.05, 0.1) is 6.61 Å². The molecule has 80 heavy (non-hydrogen) atoms. The zero-order chi connectivity index (χ0) is 57.6. The lowest BCUT2D eigenvalue weighted by molar-refractivity contribution is -0.161. The summed E-state index contributed by atoms with van der Waals surface area (Å²) in [4.78, 5) is 24.6. The van der Waals surface area contributed by atoms with E-state index in [2.05, 4.69) is 172 Å². The van der Waals surface area contributed by atoms with Gasteiger partial charge in [-0.05, 0) is 122 Å². The molecular formula is C75H122O5. The maximum Gasteiger partial charge on any atom is 0.306 e. The van der Waals surface area contributed by atoms with E-state index in [1.165, 1.54) is 128 Å². The van der Waals surface area contributed by atoms with Crippen molar-refractivity contribution in [3.05, 3.63) is 158 Å². The molecule has 452 valence electrons. The number of rotatable bonds is 59. The second kappa shape index (κ2) is 68.8. The van der Waals surface area contributed by atoms with Crippen molar-refractivity contribution in [1.82, 2.24) is 0 Å². The predicted molar refractivity (Wildman–Crippen MR) is 352 cm³/mol. The van der Waals surface area contributed by atoms with Crippen molar-refractivity contribution in [2.24, 2.45) is 0 Å². The van der Waals surface area contributed by atoms with E-state index in [0.717, 1.165) is 128 Å². The molecule has 0 radical (unpaired) electrons. The van der Waals surface area contributed by atoms with Crippen LogP contribution in [0.5, 0.6) is 0 Å². The Balaban J connectivity index is 3.53. The highest BCUT2D eigenvalue weighted by Gasteiger charge is 2.16. The van der Waals surface area contributed by atoms with Crippen LogP contribution in [0.25, 0.3) is 0 Å². The van der Waals surface area contributed by atoms with E-state index in [-0.39, 0.29) is 25.2 Å². The number of carbonyl (C=O) groups is 2. The molecule has 0 aliphatic rings. The summed E-state index contributed by atoms with van der Waals surface area (Å²) in [6, 6.07) is 0. The summed E-state index contributed by atoms with van der Waals surface area (Å²) in [7, 11) is 0. The summed E-state index contributed by atoms with van der Waals surface area (Å²) >= 11 is 0. The van der Waals surface area contributed by atoms with Gasteiger partial charge in [0, 0.05) is 12.8 Å². The number of esters is 2. The normalized spacial score (nSPS) is 13.3. The number of hydrogen-bond acceptors (Lipinski definition) is 5. The molecule has 5 nitrogen and oxygen atoms in total. The van der Waals surface area contributed by atoms with E-state index in [1.807, 2.05) is 0 Å². The monoisotopic (exact) mass is 1100 g/mol. The van der Waals surface area contributed by atoms with Gasteiger partial charge < -0.3 is 14.6 Å². The van der Waals surface area contributed by atoms with Crippen molar-refractivity contribution < 1.29 is 24.2 Å². The molecule has 5 heteroatoms. The van der Waals surface area contributed by atoms with Gasteiger partial charge in [-0.2, -0.15) is 0 Å². The number of ether oxygens (including phenoxy) is 2. The summed E-state index contributed by atoms with van der Waals surface area (Å²) in [5, 5.41) is 9.69. The van der Waals surface area contributed by atoms with Gasteiger partial charge in [0.2, 0.25) is 0 Å². The third-order valence-corrected chi connectivity index (χ3v) is 13.8. The molecule has 0 aromatic heterocycles. The average molecular weight is 1100 g/mol. The highest BCUT2D eigenvalue weighted by molar-refractivity contribution is 5.70. The van der Waals surface area contributed by atoms with Gasteiger partial charge in [0.15, 0.2) is 6.10 Å². The van der Waals surface area contributed by atoms with Gasteiger partial charge in [-0.25, -0.2) is 0 Å². The Kier molecular flexibility index (Phi) is 64.9.